The second-order valence-electron chi connectivity index (χ2n) is 5.21. The van der Waals surface area contributed by atoms with Crippen LogP contribution in [0.3, 0.4) is 0 Å². The molecule has 98 valence electrons. The Balaban J connectivity index is 2.73. The van der Waals surface area contributed by atoms with Gasteiger partial charge >= 0.3 is 12.1 Å². The number of ether oxygens (including phenoxy) is 1. The summed E-state index contributed by atoms with van der Waals surface area (Å²) in [5.74, 6) is -0.992. The number of rotatable bonds is 2. The Hall–Kier alpha value is -1.30. The Morgan fingerprint density at radius 2 is 2.00 bits per heavy atom. The average Bonchev–Trinajstić information content (AvgIpc) is 2.58. The Labute approximate surface area is 101 Å². The van der Waals surface area contributed by atoms with E-state index in [2.05, 4.69) is 5.32 Å². The summed E-state index contributed by atoms with van der Waals surface area (Å²) in [6, 6.07) is -0.800. The van der Waals surface area contributed by atoms with Crippen molar-refractivity contribution in [2.75, 3.05) is 13.6 Å². The molecule has 0 radical (unpaired) electrons. The number of nitrogens with one attached hydrogen (secondary N) is 1. The highest BCUT2D eigenvalue weighted by molar-refractivity contribution is 5.81. The van der Waals surface area contributed by atoms with Crippen molar-refractivity contribution in [1.29, 1.82) is 0 Å². The fourth-order valence-corrected chi connectivity index (χ4v) is 1.80. The van der Waals surface area contributed by atoms with Crippen LogP contribution in [0.5, 0.6) is 0 Å². The van der Waals surface area contributed by atoms with Crippen LogP contribution >= 0.6 is 0 Å². The summed E-state index contributed by atoms with van der Waals surface area (Å²) in [7, 11) is 1.75. The van der Waals surface area contributed by atoms with Crippen LogP contribution in [0.25, 0.3) is 0 Å². The van der Waals surface area contributed by atoms with E-state index >= 15 is 0 Å². The van der Waals surface area contributed by atoms with E-state index in [1.165, 1.54) is 4.90 Å². The van der Waals surface area contributed by atoms with Gasteiger partial charge < -0.3 is 15.2 Å². The Bertz CT molecular complexity index is 311. The standard InChI is InChI=1S/C11H20N2O4/c1-11(2,3)17-10(16)13-6-7(12-4)5-8(13)9(14)15/h7-8,12H,5-6H2,1-4H3,(H,14,15)/t7-,8+/m1/s1. The van der Waals surface area contributed by atoms with E-state index in [9.17, 15) is 9.59 Å². The van der Waals surface area contributed by atoms with Crippen LogP contribution < -0.4 is 5.32 Å². The summed E-state index contributed by atoms with van der Waals surface area (Å²) in [5, 5.41) is 12.1. The molecular weight excluding hydrogens is 224 g/mol. The van der Waals surface area contributed by atoms with E-state index in [0.717, 1.165) is 0 Å². The normalized spacial score (nSPS) is 24.8. The maximum Gasteiger partial charge on any atom is 0.411 e. The summed E-state index contributed by atoms with van der Waals surface area (Å²) in [4.78, 5) is 24.2. The van der Waals surface area contributed by atoms with Gasteiger partial charge in [0.25, 0.3) is 0 Å². The number of likely N-dealkylation sites (tertiary alicyclic amines) is 1. The van der Waals surface area contributed by atoms with Gasteiger partial charge in [0.2, 0.25) is 0 Å². The maximum atomic E-state index is 11.8. The first-order chi connectivity index (χ1) is 7.74. The first kappa shape index (κ1) is 13.8. The van der Waals surface area contributed by atoms with Gasteiger partial charge in [-0.05, 0) is 34.2 Å². The largest absolute Gasteiger partial charge is 0.480 e. The number of aliphatic carboxylic acids is 1. The summed E-state index contributed by atoms with van der Waals surface area (Å²) in [6.45, 7) is 5.63. The molecule has 1 rings (SSSR count). The van der Waals surface area contributed by atoms with E-state index in [1.54, 1.807) is 27.8 Å². The number of amides is 1. The monoisotopic (exact) mass is 244 g/mol. The minimum Gasteiger partial charge on any atom is -0.480 e. The molecule has 0 aliphatic carbocycles. The zero-order valence-corrected chi connectivity index (χ0v) is 10.7. The lowest BCUT2D eigenvalue weighted by Crippen LogP contribution is -2.43. The van der Waals surface area contributed by atoms with Gasteiger partial charge in [-0.3, -0.25) is 4.90 Å². The van der Waals surface area contributed by atoms with Gasteiger partial charge in [0.05, 0.1) is 0 Å². The third-order valence-corrected chi connectivity index (χ3v) is 2.62. The fourth-order valence-electron chi connectivity index (χ4n) is 1.80. The smallest absolute Gasteiger partial charge is 0.411 e. The molecule has 17 heavy (non-hydrogen) atoms. The predicted molar refractivity (Wildman–Crippen MR) is 61.8 cm³/mol. The van der Waals surface area contributed by atoms with Crippen LogP contribution in [-0.4, -0.2) is 53.3 Å². The highest BCUT2D eigenvalue weighted by atomic mass is 16.6. The van der Waals surface area contributed by atoms with Crippen LogP contribution in [-0.2, 0) is 9.53 Å². The zero-order valence-electron chi connectivity index (χ0n) is 10.7. The van der Waals surface area contributed by atoms with Crippen molar-refractivity contribution in [3.8, 4) is 0 Å². The number of carboxylic acids is 1. The minimum atomic E-state index is -0.992. The van der Waals surface area contributed by atoms with Gasteiger partial charge in [0.15, 0.2) is 0 Å². The molecule has 0 aromatic heterocycles. The number of carboxylic acid groups (broad SMARTS) is 1. The molecule has 1 fully saturated rings. The third-order valence-electron chi connectivity index (χ3n) is 2.62. The molecule has 2 N–H and O–H groups in total. The van der Waals surface area contributed by atoms with Crippen molar-refractivity contribution in [3.63, 3.8) is 0 Å². The summed E-state index contributed by atoms with van der Waals surface area (Å²) < 4.78 is 5.19. The van der Waals surface area contributed by atoms with E-state index in [1.807, 2.05) is 0 Å². The van der Waals surface area contributed by atoms with Crippen molar-refractivity contribution in [1.82, 2.24) is 10.2 Å². The van der Waals surface area contributed by atoms with Crippen LogP contribution in [0.1, 0.15) is 27.2 Å². The van der Waals surface area contributed by atoms with Crippen molar-refractivity contribution in [2.24, 2.45) is 0 Å². The number of nitrogens with zero attached hydrogens (tertiary/aromatic N) is 1. The fraction of sp³-hybridized carbons (Fsp3) is 0.818. The van der Waals surface area contributed by atoms with Gasteiger partial charge in [-0.1, -0.05) is 0 Å². The molecule has 0 unspecified atom stereocenters. The van der Waals surface area contributed by atoms with Gasteiger partial charge in [-0.15, -0.1) is 0 Å². The third kappa shape index (κ3) is 3.59. The van der Waals surface area contributed by atoms with Gasteiger partial charge in [0.1, 0.15) is 11.6 Å². The Morgan fingerprint density at radius 3 is 2.41 bits per heavy atom. The highest BCUT2D eigenvalue weighted by Gasteiger charge is 2.40. The van der Waals surface area contributed by atoms with Crippen LogP contribution in [0.4, 0.5) is 4.79 Å². The van der Waals surface area contributed by atoms with Crippen LogP contribution in [0, 0.1) is 0 Å². The molecule has 0 aromatic rings. The molecule has 1 amide bonds. The summed E-state index contributed by atoms with van der Waals surface area (Å²) in [5.41, 5.74) is -0.613. The first-order valence-corrected chi connectivity index (χ1v) is 5.64. The molecule has 6 heteroatoms. The van der Waals surface area contributed by atoms with Crippen LogP contribution in [0.2, 0.25) is 0 Å². The molecule has 6 nitrogen and oxygen atoms in total. The SMILES string of the molecule is CN[C@@H]1C[C@@H](C(=O)O)N(C(=O)OC(C)(C)C)C1. The van der Waals surface area contributed by atoms with Crippen molar-refractivity contribution >= 4 is 12.1 Å². The van der Waals surface area contributed by atoms with Gasteiger partial charge in [-0.25, -0.2) is 9.59 Å². The molecule has 2 atom stereocenters. The molecule has 0 bridgehead atoms. The molecule has 0 spiro atoms. The second-order valence-corrected chi connectivity index (χ2v) is 5.21. The zero-order chi connectivity index (χ0) is 13.2. The van der Waals surface area contributed by atoms with E-state index in [-0.39, 0.29) is 6.04 Å². The first-order valence-electron chi connectivity index (χ1n) is 5.64. The number of carbonyl (C=O) groups is 2. The average molecular weight is 244 g/mol. The van der Waals surface area contributed by atoms with Crippen LogP contribution in [0.15, 0.2) is 0 Å². The molecule has 0 aromatic carbocycles. The van der Waals surface area contributed by atoms with E-state index < -0.39 is 23.7 Å². The highest BCUT2D eigenvalue weighted by Crippen LogP contribution is 2.21. The topological polar surface area (TPSA) is 78.9 Å². The second kappa shape index (κ2) is 4.91. The molecule has 1 aliphatic heterocycles. The number of likely N-dealkylation sites (N-methyl/N-ethyl adjacent to an activating group) is 1. The number of hydrogen-bond acceptors (Lipinski definition) is 4. The molecule has 0 saturated carbocycles. The van der Waals surface area contributed by atoms with Crippen molar-refractivity contribution in [2.45, 2.75) is 44.9 Å². The lowest BCUT2D eigenvalue weighted by molar-refractivity contribution is -0.142. The van der Waals surface area contributed by atoms with Gasteiger partial charge in [0, 0.05) is 12.6 Å². The lowest BCUT2D eigenvalue weighted by Gasteiger charge is -2.26. The van der Waals surface area contributed by atoms with E-state index in [4.69, 9.17) is 9.84 Å². The predicted octanol–water partition coefficient (Wildman–Crippen LogP) is 0.668. The molecular formula is C11H20N2O4. The number of hydrogen-bond donors (Lipinski definition) is 2. The number of carbonyl (C=O) groups excluding carboxylic acids is 1. The minimum absolute atomic E-state index is 0.00335. The van der Waals surface area contributed by atoms with E-state index in [0.29, 0.717) is 13.0 Å². The molecule has 1 heterocycles. The van der Waals surface area contributed by atoms with Crippen molar-refractivity contribution in [3.05, 3.63) is 0 Å². The Morgan fingerprint density at radius 1 is 1.41 bits per heavy atom. The Kier molecular flexibility index (Phi) is 3.98. The van der Waals surface area contributed by atoms with Gasteiger partial charge in [-0.2, -0.15) is 0 Å². The van der Waals surface area contributed by atoms with Crippen molar-refractivity contribution < 1.29 is 19.4 Å². The molecule has 1 aliphatic rings. The summed E-state index contributed by atoms with van der Waals surface area (Å²) in [6.07, 6.45) is -0.159. The maximum absolute atomic E-state index is 11.8. The summed E-state index contributed by atoms with van der Waals surface area (Å²) >= 11 is 0. The molecule has 1 saturated heterocycles. The quantitative estimate of drug-likeness (QED) is 0.746. The lowest BCUT2D eigenvalue weighted by atomic mass is 10.2.